The fourth-order valence-corrected chi connectivity index (χ4v) is 5.78. The van der Waals surface area contributed by atoms with Crippen LogP contribution >= 0.6 is 11.3 Å². The van der Waals surface area contributed by atoms with Gasteiger partial charge in [0.2, 0.25) is 0 Å². The minimum absolute atomic E-state index is 0.0179. The van der Waals surface area contributed by atoms with Crippen LogP contribution < -0.4 is 11.1 Å². The molecule has 1 aliphatic heterocycles. The maximum atomic E-state index is 13.7. The van der Waals surface area contributed by atoms with Gasteiger partial charge in [0.25, 0.3) is 5.91 Å². The second kappa shape index (κ2) is 10.2. The van der Waals surface area contributed by atoms with Gasteiger partial charge in [-0.1, -0.05) is 29.9 Å². The number of benzene rings is 2. The summed E-state index contributed by atoms with van der Waals surface area (Å²) in [6.45, 7) is 3.93. The number of amides is 1. The monoisotopic (exact) mass is 515 g/mol. The van der Waals surface area contributed by atoms with Crippen LogP contribution in [0.4, 0.5) is 13.2 Å². The van der Waals surface area contributed by atoms with Crippen LogP contribution in [0.3, 0.4) is 0 Å². The van der Waals surface area contributed by atoms with E-state index in [1.165, 1.54) is 36.7 Å². The molecule has 0 aliphatic carbocycles. The summed E-state index contributed by atoms with van der Waals surface area (Å²) < 4.78 is 43.7. The molecule has 1 amide bonds. The first-order valence-electron chi connectivity index (χ1n) is 12.2. The smallest absolute Gasteiger partial charge is 0.352 e. The summed E-state index contributed by atoms with van der Waals surface area (Å²) in [6.07, 6.45) is 1.82. The molecule has 6 nitrogen and oxygen atoms in total. The van der Waals surface area contributed by atoms with Gasteiger partial charge in [-0.15, -0.1) is 0 Å². The van der Waals surface area contributed by atoms with Crippen LogP contribution in [0.5, 0.6) is 0 Å². The molecule has 3 N–H and O–H groups in total. The van der Waals surface area contributed by atoms with E-state index in [1.54, 1.807) is 22.7 Å². The van der Waals surface area contributed by atoms with Crippen molar-refractivity contribution in [1.82, 2.24) is 19.6 Å². The number of carbonyl (C=O) groups is 1. The van der Waals surface area contributed by atoms with Crippen molar-refractivity contribution in [3.63, 3.8) is 0 Å². The number of hydrogen-bond acceptors (Lipinski definition) is 5. The van der Waals surface area contributed by atoms with Gasteiger partial charge >= 0.3 is 6.18 Å². The van der Waals surface area contributed by atoms with E-state index in [0.29, 0.717) is 22.6 Å². The fourth-order valence-electron chi connectivity index (χ4n) is 4.74. The molecule has 5 rings (SSSR count). The van der Waals surface area contributed by atoms with Crippen molar-refractivity contribution in [2.45, 2.75) is 38.4 Å². The fraction of sp³-hybridized carbons (Fsp3) is 0.385. The predicted octanol–water partition coefficient (Wildman–Crippen LogP) is 5.30. The van der Waals surface area contributed by atoms with Crippen molar-refractivity contribution in [3.8, 4) is 11.3 Å². The first-order valence-corrected chi connectivity index (χ1v) is 13.0. The summed E-state index contributed by atoms with van der Waals surface area (Å²) in [5.41, 5.74) is 6.82. The summed E-state index contributed by atoms with van der Waals surface area (Å²) >= 11 is 1.34. The van der Waals surface area contributed by atoms with E-state index in [-0.39, 0.29) is 23.7 Å². The van der Waals surface area contributed by atoms with E-state index in [4.69, 9.17) is 5.73 Å². The van der Waals surface area contributed by atoms with E-state index < -0.39 is 11.7 Å². The first-order chi connectivity index (χ1) is 17.3. The normalized spacial score (nSPS) is 15.1. The highest BCUT2D eigenvalue weighted by atomic mass is 32.1. The molecule has 2 aromatic carbocycles. The Morgan fingerprint density at radius 1 is 1.11 bits per heavy atom. The average molecular weight is 516 g/mol. The Labute approximate surface area is 210 Å². The lowest BCUT2D eigenvalue weighted by molar-refractivity contribution is -0.137. The molecule has 2 aromatic heterocycles. The SMILES string of the molecule is NCc1ccc(-c2cn3c(n2)sc2cc(C(=O)NCCCN4CCCCC4)ccc23)c(C(F)(F)F)c1. The highest BCUT2D eigenvalue weighted by Crippen LogP contribution is 2.38. The molecule has 0 atom stereocenters. The number of rotatable bonds is 7. The Bertz CT molecular complexity index is 1390. The maximum absolute atomic E-state index is 13.7. The van der Waals surface area contributed by atoms with Crippen LogP contribution in [0.25, 0.3) is 26.4 Å². The number of imidazole rings is 1. The molecule has 0 saturated carbocycles. The number of fused-ring (bicyclic) bond motifs is 3. The lowest BCUT2D eigenvalue weighted by atomic mass is 10.0. The number of carbonyl (C=O) groups excluding carboxylic acids is 1. The van der Waals surface area contributed by atoms with Gasteiger partial charge in [-0.3, -0.25) is 9.20 Å². The van der Waals surface area contributed by atoms with Gasteiger partial charge < -0.3 is 16.0 Å². The van der Waals surface area contributed by atoms with Crippen molar-refractivity contribution in [1.29, 1.82) is 0 Å². The Morgan fingerprint density at radius 2 is 1.92 bits per heavy atom. The summed E-state index contributed by atoms with van der Waals surface area (Å²) in [5, 5.41) is 2.99. The largest absolute Gasteiger partial charge is 0.417 e. The number of likely N-dealkylation sites (tertiary alicyclic amines) is 1. The van der Waals surface area contributed by atoms with E-state index in [0.717, 1.165) is 42.3 Å². The number of halogens is 3. The maximum Gasteiger partial charge on any atom is 0.417 e. The second-order valence-corrected chi connectivity index (χ2v) is 10.2. The van der Waals surface area contributed by atoms with Crippen molar-refractivity contribution in [2.24, 2.45) is 5.73 Å². The van der Waals surface area contributed by atoms with Crippen molar-refractivity contribution in [3.05, 3.63) is 59.3 Å². The van der Waals surface area contributed by atoms with Crippen LogP contribution in [0.15, 0.2) is 42.6 Å². The van der Waals surface area contributed by atoms with Crippen molar-refractivity contribution >= 4 is 32.4 Å². The third kappa shape index (κ3) is 5.11. The highest BCUT2D eigenvalue weighted by Gasteiger charge is 2.34. The van der Waals surface area contributed by atoms with E-state index in [9.17, 15) is 18.0 Å². The number of aromatic nitrogens is 2. The molecule has 0 unspecified atom stereocenters. The number of hydrogen-bond donors (Lipinski definition) is 2. The third-order valence-corrected chi connectivity index (χ3v) is 7.66. The molecule has 36 heavy (non-hydrogen) atoms. The Morgan fingerprint density at radius 3 is 2.67 bits per heavy atom. The topological polar surface area (TPSA) is 75.7 Å². The molecule has 0 radical (unpaired) electrons. The van der Waals surface area contributed by atoms with E-state index in [1.807, 2.05) is 12.1 Å². The number of nitrogens with two attached hydrogens (primary N) is 1. The molecule has 1 saturated heterocycles. The van der Waals surface area contributed by atoms with Gasteiger partial charge in [-0.2, -0.15) is 13.2 Å². The van der Waals surface area contributed by atoms with Crippen LogP contribution in [0, 0.1) is 0 Å². The summed E-state index contributed by atoms with van der Waals surface area (Å²) in [5.74, 6) is -0.128. The zero-order valence-electron chi connectivity index (χ0n) is 19.8. The molecule has 1 aliphatic rings. The summed E-state index contributed by atoms with van der Waals surface area (Å²) in [6, 6.07) is 9.46. The number of nitrogens with one attached hydrogen (secondary N) is 1. The van der Waals surface area contributed by atoms with Gasteiger partial charge in [0.15, 0.2) is 4.96 Å². The van der Waals surface area contributed by atoms with Gasteiger partial charge in [-0.05, 0) is 68.7 Å². The third-order valence-electron chi connectivity index (χ3n) is 6.64. The predicted molar refractivity (Wildman–Crippen MR) is 136 cm³/mol. The molecule has 0 spiro atoms. The minimum atomic E-state index is -4.52. The van der Waals surface area contributed by atoms with E-state index in [2.05, 4.69) is 15.2 Å². The van der Waals surface area contributed by atoms with Gasteiger partial charge in [0.05, 0.1) is 21.5 Å². The molecule has 10 heteroatoms. The molecule has 3 heterocycles. The molecular weight excluding hydrogens is 487 g/mol. The summed E-state index contributed by atoms with van der Waals surface area (Å²) in [7, 11) is 0. The first kappa shape index (κ1) is 24.7. The lowest BCUT2D eigenvalue weighted by Crippen LogP contribution is -2.33. The van der Waals surface area contributed by atoms with Crippen LogP contribution in [0.1, 0.15) is 47.2 Å². The van der Waals surface area contributed by atoms with E-state index >= 15 is 0 Å². The zero-order valence-corrected chi connectivity index (χ0v) is 20.6. The molecule has 4 aromatic rings. The van der Waals surface area contributed by atoms with Crippen LogP contribution in [-0.2, 0) is 12.7 Å². The zero-order chi connectivity index (χ0) is 25.3. The lowest BCUT2D eigenvalue weighted by Gasteiger charge is -2.26. The van der Waals surface area contributed by atoms with Crippen LogP contribution in [0.2, 0.25) is 0 Å². The minimum Gasteiger partial charge on any atom is -0.352 e. The Hall–Kier alpha value is -2.95. The number of thiazole rings is 1. The summed E-state index contributed by atoms with van der Waals surface area (Å²) in [4.78, 5) is 20.1. The molecule has 190 valence electrons. The Kier molecular flexibility index (Phi) is 7.00. The van der Waals surface area contributed by atoms with Crippen molar-refractivity contribution < 1.29 is 18.0 Å². The van der Waals surface area contributed by atoms with Gasteiger partial charge in [-0.25, -0.2) is 4.98 Å². The Balaban J connectivity index is 1.33. The number of alkyl halides is 3. The second-order valence-electron chi connectivity index (χ2n) is 9.16. The molecule has 1 fully saturated rings. The van der Waals surface area contributed by atoms with Crippen molar-refractivity contribution in [2.75, 3.05) is 26.2 Å². The van der Waals surface area contributed by atoms with Gasteiger partial charge in [0, 0.05) is 30.4 Å². The van der Waals surface area contributed by atoms with Crippen LogP contribution in [-0.4, -0.2) is 46.4 Å². The average Bonchev–Trinajstić information content (AvgIpc) is 3.44. The van der Waals surface area contributed by atoms with Gasteiger partial charge in [0.1, 0.15) is 0 Å². The standard InChI is InChI=1S/C26H28F3N5OS/c27-26(28,29)20-13-17(15-30)5-7-19(20)21-16-34-22-8-6-18(14-23(22)36-25(34)32-21)24(35)31-9-4-12-33-10-2-1-3-11-33/h5-8,13-14,16H,1-4,9-12,15,30H2,(H,31,35). The molecule has 0 bridgehead atoms. The number of piperidine rings is 1. The molecular formula is C26H28F3N5OS. The highest BCUT2D eigenvalue weighted by molar-refractivity contribution is 7.23. The number of nitrogens with zero attached hydrogens (tertiary/aromatic N) is 3. The quantitative estimate of drug-likeness (QED) is 0.328.